The predicted octanol–water partition coefficient (Wildman–Crippen LogP) is 3.85. The van der Waals surface area contributed by atoms with Crippen LogP contribution in [0.1, 0.15) is 51.1 Å². The van der Waals surface area contributed by atoms with Gasteiger partial charge in [-0.1, -0.05) is 13.8 Å². The molecule has 1 aliphatic carbocycles. The van der Waals surface area contributed by atoms with Crippen LogP contribution in [0.4, 0.5) is 17.5 Å². The smallest absolute Gasteiger partial charge is 0.230 e. The number of morpholine rings is 1. The van der Waals surface area contributed by atoms with Gasteiger partial charge >= 0.3 is 0 Å². The molecule has 10 nitrogen and oxygen atoms in total. The number of hydrogen-bond acceptors (Lipinski definition) is 10. The number of ether oxygens (including phenoxy) is 2. The molecular formula is C25H36N8O2S. The summed E-state index contributed by atoms with van der Waals surface area (Å²) in [7, 11) is 0. The molecule has 0 unspecified atom stereocenters. The van der Waals surface area contributed by atoms with E-state index >= 15 is 0 Å². The Morgan fingerprint density at radius 3 is 2.61 bits per heavy atom. The van der Waals surface area contributed by atoms with Gasteiger partial charge in [-0.05, 0) is 43.1 Å². The average Bonchev–Trinajstić information content (AvgIpc) is 3.50. The van der Waals surface area contributed by atoms with Crippen LogP contribution in [0.25, 0.3) is 10.2 Å². The summed E-state index contributed by atoms with van der Waals surface area (Å²) in [5, 5.41) is 12.7. The zero-order chi connectivity index (χ0) is 24.5. The number of anilines is 3. The minimum absolute atomic E-state index is 0.312. The maximum Gasteiger partial charge on any atom is 0.230 e. The van der Waals surface area contributed by atoms with Crippen LogP contribution in [-0.2, 0) is 16.0 Å². The van der Waals surface area contributed by atoms with E-state index < -0.39 is 0 Å². The lowest BCUT2D eigenvalue weighted by atomic mass is 9.90. The largest absolute Gasteiger partial charge is 0.381 e. The topological polar surface area (TPSA) is 102 Å². The minimum atomic E-state index is 0.312. The third-order valence-corrected chi connectivity index (χ3v) is 8.31. The molecule has 6 rings (SSSR count). The second-order valence-electron chi connectivity index (χ2n) is 10.6. The van der Waals surface area contributed by atoms with Gasteiger partial charge in [0.05, 0.1) is 49.4 Å². The zero-order valence-electron chi connectivity index (χ0n) is 21.2. The fraction of sp³-hybridized carbons (Fsp3) is 0.680. The van der Waals surface area contributed by atoms with Crippen LogP contribution in [0.15, 0.2) is 12.4 Å². The Kier molecular flexibility index (Phi) is 7.05. The second kappa shape index (κ2) is 10.6. The first-order valence-electron chi connectivity index (χ1n) is 13.2. The Morgan fingerprint density at radius 1 is 1.08 bits per heavy atom. The lowest BCUT2D eigenvalue weighted by Gasteiger charge is -2.39. The molecule has 0 atom stereocenters. The van der Waals surface area contributed by atoms with Crippen LogP contribution in [0, 0.1) is 5.92 Å². The third kappa shape index (κ3) is 5.20. The molecule has 0 amide bonds. The highest BCUT2D eigenvalue weighted by Gasteiger charge is 2.28. The van der Waals surface area contributed by atoms with E-state index in [0.29, 0.717) is 29.9 Å². The van der Waals surface area contributed by atoms with Gasteiger partial charge in [-0.3, -0.25) is 9.58 Å². The molecule has 0 spiro atoms. The first-order valence-corrected chi connectivity index (χ1v) is 14.0. The summed E-state index contributed by atoms with van der Waals surface area (Å²) in [6.45, 7) is 10.7. The van der Waals surface area contributed by atoms with Crippen molar-refractivity contribution in [2.24, 2.45) is 5.92 Å². The highest BCUT2D eigenvalue weighted by Crippen LogP contribution is 2.35. The lowest BCUT2D eigenvalue weighted by Crippen LogP contribution is -2.46. The van der Waals surface area contributed by atoms with Gasteiger partial charge in [0.15, 0.2) is 4.83 Å². The van der Waals surface area contributed by atoms with E-state index in [1.807, 2.05) is 17.1 Å². The minimum Gasteiger partial charge on any atom is -0.381 e. The third-order valence-electron chi connectivity index (χ3n) is 7.55. The van der Waals surface area contributed by atoms with E-state index in [0.717, 1.165) is 86.3 Å². The number of nitrogens with one attached hydrogen (secondary N) is 2. The van der Waals surface area contributed by atoms with E-state index in [9.17, 15) is 0 Å². The Morgan fingerprint density at radius 2 is 1.89 bits per heavy atom. The second-order valence-corrected chi connectivity index (χ2v) is 11.3. The van der Waals surface area contributed by atoms with E-state index in [4.69, 9.17) is 23.8 Å². The van der Waals surface area contributed by atoms with E-state index in [-0.39, 0.29) is 0 Å². The summed E-state index contributed by atoms with van der Waals surface area (Å²) in [6, 6.07) is 1.08. The van der Waals surface area contributed by atoms with Crippen LogP contribution in [-0.4, -0.2) is 80.6 Å². The van der Waals surface area contributed by atoms with Crippen molar-refractivity contribution in [2.75, 3.05) is 50.2 Å². The van der Waals surface area contributed by atoms with Crippen LogP contribution in [0.3, 0.4) is 0 Å². The summed E-state index contributed by atoms with van der Waals surface area (Å²) in [6.07, 6.45) is 8.55. The normalized spacial score (nSPS) is 23.8. The molecule has 2 N–H and O–H groups in total. The molecule has 11 heteroatoms. The molecule has 2 aliphatic heterocycles. The molecule has 36 heavy (non-hydrogen) atoms. The summed E-state index contributed by atoms with van der Waals surface area (Å²) >= 11 is 1.45. The molecule has 0 aromatic carbocycles. The average molecular weight is 513 g/mol. The maximum absolute atomic E-state index is 5.54. The first kappa shape index (κ1) is 24.0. The van der Waals surface area contributed by atoms with Crippen molar-refractivity contribution in [3.05, 3.63) is 18.1 Å². The predicted molar refractivity (Wildman–Crippen MR) is 141 cm³/mol. The van der Waals surface area contributed by atoms with Gasteiger partial charge in [-0.15, -0.1) is 0 Å². The van der Waals surface area contributed by atoms with Crippen molar-refractivity contribution in [2.45, 2.75) is 64.1 Å². The first-order chi connectivity index (χ1) is 17.6. The molecular weight excluding hydrogens is 476 g/mol. The van der Waals surface area contributed by atoms with Gasteiger partial charge in [0.1, 0.15) is 5.82 Å². The molecule has 3 fully saturated rings. The Hall–Kier alpha value is -2.34. The Bertz CT molecular complexity index is 1160. The van der Waals surface area contributed by atoms with Gasteiger partial charge < -0.3 is 20.1 Å². The van der Waals surface area contributed by atoms with Gasteiger partial charge in [0.2, 0.25) is 5.95 Å². The molecule has 0 radical (unpaired) electrons. The molecule has 3 aromatic heterocycles. The Labute approximate surface area is 215 Å². The van der Waals surface area contributed by atoms with Crippen molar-refractivity contribution in [1.29, 1.82) is 0 Å². The van der Waals surface area contributed by atoms with Crippen molar-refractivity contribution in [3.63, 3.8) is 0 Å². The van der Waals surface area contributed by atoms with Crippen molar-refractivity contribution in [1.82, 2.24) is 29.0 Å². The quantitative estimate of drug-likeness (QED) is 0.466. The fourth-order valence-corrected chi connectivity index (χ4v) is 6.37. The number of rotatable bonds is 8. The number of hydrogen-bond donors (Lipinski definition) is 2. The standard InChI is InChI=1S/C25H36N8O2S/c1-16(2)22-21-23(27-18-3-5-20(6-4-18)32-7-9-34-10-8-32)29-25(30-24(21)36-31-22)28-19-11-26-33(13-19)12-17-14-35-15-17/h11,13,16-18,20H,3-10,12,14-15H2,1-2H3,(H2,27,28,29,30). The summed E-state index contributed by atoms with van der Waals surface area (Å²) in [5.74, 6) is 2.34. The highest BCUT2D eigenvalue weighted by molar-refractivity contribution is 7.13. The molecule has 3 aliphatic rings. The van der Waals surface area contributed by atoms with Crippen LogP contribution >= 0.6 is 11.5 Å². The van der Waals surface area contributed by atoms with Gasteiger partial charge in [-0.25, -0.2) is 0 Å². The lowest BCUT2D eigenvalue weighted by molar-refractivity contribution is -0.0408. The SMILES string of the molecule is CC(C)c1nsc2nc(Nc3cnn(CC4COC4)c3)nc(NC3CCC(N4CCOCC4)CC3)c12. The van der Waals surface area contributed by atoms with Crippen LogP contribution in [0.5, 0.6) is 0 Å². The maximum atomic E-state index is 5.54. The number of nitrogens with zero attached hydrogens (tertiary/aromatic N) is 6. The monoisotopic (exact) mass is 512 g/mol. The van der Waals surface area contributed by atoms with Crippen molar-refractivity contribution < 1.29 is 9.47 Å². The highest BCUT2D eigenvalue weighted by atomic mass is 32.1. The van der Waals surface area contributed by atoms with Crippen LogP contribution < -0.4 is 10.6 Å². The summed E-state index contributed by atoms with van der Waals surface area (Å²) < 4.78 is 17.5. The van der Waals surface area contributed by atoms with E-state index in [1.54, 1.807) is 0 Å². The number of fused-ring (bicyclic) bond motifs is 1. The molecule has 3 aromatic rings. The van der Waals surface area contributed by atoms with Crippen molar-refractivity contribution in [3.8, 4) is 0 Å². The molecule has 194 valence electrons. The molecule has 5 heterocycles. The summed E-state index contributed by atoms with van der Waals surface area (Å²) in [5.41, 5.74) is 1.96. The van der Waals surface area contributed by atoms with E-state index in [1.165, 1.54) is 24.4 Å². The van der Waals surface area contributed by atoms with Gasteiger partial charge in [-0.2, -0.15) is 19.4 Å². The Balaban J connectivity index is 1.18. The van der Waals surface area contributed by atoms with Crippen LogP contribution in [0.2, 0.25) is 0 Å². The molecule has 1 saturated carbocycles. The molecule has 0 bridgehead atoms. The zero-order valence-corrected chi connectivity index (χ0v) is 22.0. The number of aromatic nitrogens is 5. The van der Waals surface area contributed by atoms with Gasteiger partial charge in [0.25, 0.3) is 0 Å². The fourth-order valence-electron chi connectivity index (χ4n) is 5.46. The summed E-state index contributed by atoms with van der Waals surface area (Å²) in [4.78, 5) is 13.3. The van der Waals surface area contributed by atoms with Crippen molar-refractivity contribution >= 4 is 39.2 Å². The molecule has 2 saturated heterocycles. The van der Waals surface area contributed by atoms with Gasteiger partial charge in [0, 0.05) is 43.8 Å². The van der Waals surface area contributed by atoms with E-state index in [2.05, 4.69) is 34.5 Å².